The van der Waals surface area contributed by atoms with Crippen molar-refractivity contribution in [3.05, 3.63) is 18.3 Å². The van der Waals surface area contributed by atoms with Crippen molar-refractivity contribution in [2.75, 3.05) is 17.2 Å². The fourth-order valence-corrected chi connectivity index (χ4v) is 1.64. The molecule has 2 N–H and O–H groups in total. The summed E-state index contributed by atoms with van der Waals surface area (Å²) in [5, 5.41) is 0. The normalized spacial score (nSPS) is 17.1. The molecule has 0 atom stereocenters. The van der Waals surface area contributed by atoms with Crippen LogP contribution in [0.2, 0.25) is 0 Å². The fraction of sp³-hybridized carbons (Fsp3) is 0.400. The number of pyridine rings is 1. The highest BCUT2D eigenvalue weighted by Crippen LogP contribution is 2.20. The summed E-state index contributed by atoms with van der Waals surface area (Å²) in [7, 11) is 0. The van der Waals surface area contributed by atoms with Crippen molar-refractivity contribution < 1.29 is 4.79 Å². The Balaban J connectivity index is 2.20. The van der Waals surface area contributed by atoms with Gasteiger partial charge in [-0.05, 0) is 25.0 Å². The summed E-state index contributed by atoms with van der Waals surface area (Å²) in [6.45, 7) is 0.796. The zero-order chi connectivity index (χ0) is 9.97. The van der Waals surface area contributed by atoms with Gasteiger partial charge in [-0.25, -0.2) is 4.98 Å². The van der Waals surface area contributed by atoms with Gasteiger partial charge in [0.15, 0.2) is 0 Å². The van der Waals surface area contributed by atoms with Crippen LogP contribution in [0.1, 0.15) is 19.3 Å². The average Bonchev–Trinajstić information content (AvgIpc) is 2.20. The molecule has 1 aromatic rings. The van der Waals surface area contributed by atoms with E-state index in [4.69, 9.17) is 5.73 Å². The van der Waals surface area contributed by atoms with Gasteiger partial charge in [0.25, 0.3) is 0 Å². The second kappa shape index (κ2) is 3.65. The molecule has 2 rings (SSSR count). The summed E-state index contributed by atoms with van der Waals surface area (Å²) < 4.78 is 0. The minimum Gasteiger partial charge on any atom is -0.384 e. The summed E-state index contributed by atoms with van der Waals surface area (Å²) in [4.78, 5) is 17.3. The molecule has 14 heavy (non-hydrogen) atoms. The summed E-state index contributed by atoms with van der Waals surface area (Å²) in [6, 6.07) is 3.56. The number of nitrogen functional groups attached to an aromatic ring is 1. The first kappa shape index (κ1) is 8.99. The average molecular weight is 191 g/mol. The molecular formula is C10H13N3O. The Morgan fingerprint density at radius 1 is 1.36 bits per heavy atom. The molecular weight excluding hydrogens is 178 g/mol. The van der Waals surface area contributed by atoms with Crippen molar-refractivity contribution in [1.29, 1.82) is 0 Å². The Labute approximate surface area is 82.7 Å². The minimum absolute atomic E-state index is 0.183. The summed E-state index contributed by atoms with van der Waals surface area (Å²) in [5.74, 6) is 0.668. The van der Waals surface area contributed by atoms with Crippen LogP contribution in [0.3, 0.4) is 0 Å². The number of hydrogen-bond donors (Lipinski definition) is 1. The van der Waals surface area contributed by atoms with Crippen LogP contribution in [0.5, 0.6) is 0 Å². The number of nitrogens with zero attached hydrogens (tertiary/aromatic N) is 2. The molecule has 74 valence electrons. The predicted molar refractivity (Wildman–Crippen MR) is 54.9 cm³/mol. The maximum atomic E-state index is 11.5. The highest BCUT2D eigenvalue weighted by atomic mass is 16.2. The molecule has 4 nitrogen and oxygen atoms in total. The smallest absolute Gasteiger partial charge is 0.227 e. The van der Waals surface area contributed by atoms with Crippen LogP contribution >= 0.6 is 0 Å². The Hall–Kier alpha value is -1.58. The van der Waals surface area contributed by atoms with Gasteiger partial charge in [-0.3, -0.25) is 4.79 Å². The van der Waals surface area contributed by atoms with Crippen LogP contribution in [-0.4, -0.2) is 17.4 Å². The van der Waals surface area contributed by atoms with Gasteiger partial charge in [0.05, 0.1) is 11.9 Å². The molecule has 1 saturated heterocycles. The number of nitrogens with two attached hydrogens (primary N) is 1. The summed E-state index contributed by atoms with van der Waals surface area (Å²) in [6.07, 6.45) is 4.36. The van der Waals surface area contributed by atoms with Gasteiger partial charge in [-0.1, -0.05) is 0 Å². The van der Waals surface area contributed by atoms with Crippen LogP contribution in [0.15, 0.2) is 18.3 Å². The minimum atomic E-state index is 0.183. The fourth-order valence-electron chi connectivity index (χ4n) is 1.64. The van der Waals surface area contributed by atoms with Crippen LogP contribution in [0.4, 0.5) is 11.5 Å². The van der Waals surface area contributed by atoms with E-state index in [1.165, 1.54) is 0 Å². The second-order valence-electron chi connectivity index (χ2n) is 3.44. The van der Waals surface area contributed by atoms with Gasteiger partial charge in [-0.2, -0.15) is 0 Å². The molecule has 0 radical (unpaired) electrons. The molecule has 1 aliphatic rings. The highest BCUT2D eigenvalue weighted by Gasteiger charge is 2.19. The molecule has 2 heterocycles. The van der Waals surface area contributed by atoms with E-state index >= 15 is 0 Å². The number of carbonyl (C=O) groups excluding carboxylic acids is 1. The predicted octanol–water partition coefficient (Wildman–Crippen LogP) is 1.18. The Morgan fingerprint density at radius 3 is 2.86 bits per heavy atom. The summed E-state index contributed by atoms with van der Waals surface area (Å²) in [5.41, 5.74) is 6.33. The summed E-state index contributed by atoms with van der Waals surface area (Å²) >= 11 is 0. The zero-order valence-electron chi connectivity index (χ0n) is 7.94. The lowest BCUT2D eigenvalue weighted by atomic mass is 10.1. The lowest BCUT2D eigenvalue weighted by Gasteiger charge is -2.26. The Kier molecular flexibility index (Phi) is 2.35. The number of aromatic nitrogens is 1. The topological polar surface area (TPSA) is 59.2 Å². The molecule has 0 aliphatic carbocycles. The molecule has 1 aromatic heterocycles. The molecule has 0 aromatic carbocycles. The van der Waals surface area contributed by atoms with E-state index in [0.29, 0.717) is 12.2 Å². The number of rotatable bonds is 1. The molecule has 0 bridgehead atoms. The van der Waals surface area contributed by atoms with Crippen molar-refractivity contribution in [2.24, 2.45) is 0 Å². The molecule has 1 fully saturated rings. The number of hydrogen-bond acceptors (Lipinski definition) is 3. The standard InChI is InChI=1S/C10H13N3O/c11-9-5-4-8(7-12-9)13-6-2-1-3-10(13)14/h4-5,7H,1-3,6H2,(H2,11,12). The van der Waals surface area contributed by atoms with Gasteiger partial charge in [0.1, 0.15) is 5.82 Å². The van der Waals surface area contributed by atoms with Gasteiger partial charge in [0, 0.05) is 13.0 Å². The first-order valence-corrected chi connectivity index (χ1v) is 4.79. The van der Waals surface area contributed by atoms with E-state index in [1.807, 2.05) is 6.07 Å². The SMILES string of the molecule is Nc1ccc(N2CCCCC2=O)cn1. The molecule has 1 amide bonds. The first-order valence-electron chi connectivity index (χ1n) is 4.79. The highest BCUT2D eigenvalue weighted by molar-refractivity contribution is 5.93. The Morgan fingerprint density at radius 2 is 2.21 bits per heavy atom. The quantitative estimate of drug-likeness (QED) is 0.725. The lowest BCUT2D eigenvalue weighted by molar-refractivity contribution is -0.119. The van der Waals surface area contributed by atoms with Crippen molar-refractivity contribution in [3.63, 3.8) is 0 Å². The van der Waals surface area contributed by atoms with E-state index in [1.54, 1.807) is 17.2 Å². The largest absolute Gasteiger partial charge is 0.384 e. The van der Waals surface area contributed by atoms with Crippen LogP contribution in [0.25, 0.3) is 0 Å². The van der Waals surface area contributed by atoms with Crippen LogP contribution in [-0.2, 0) is 4.79 Å². The van der Waals surface area contributed by atoms with Crippen LogP contribution in [0, 0.1) is 0 Å². The van der Waals surface area contributed by atoms with Gasteiger partial charge < -0.3 is 10.6 Å². The van der Waals surface area contributed by atoms with Crippen molar-refractivity contribution in [1.82, 2.24) is 4.98 Å². The number of carbonyl (C=O) groups is 1. The maximum absolute atomic E-state index is 11.5. The van der Waals surface area contributed by atoms with E-state index in [-0.39, 0.29) is 5.91 Å². The zero-order valence-corrected chi connectivity index (χ0v) is 7.94. The third-order valence-electron chi connectivity index (χ3n) is 2.41. The van der Waals surface area contributed by atoms with E-state index in [9.17, 15) is 4.79 Å². The number of amides is 1. The first-order chi connectivity index (χ1) is 6.77. The number of anilines is 2. The molecule has 0 unspecified atom stereocenters. The molecule has 4 heteroatoms. The molecule has 0 spiro atoms. The monoisotopic (exact) mass is 191 g/mol. The number of piperidine rings is 1. The second-order valence-corrected chi connectivity index (χ2v) is 3.44. The van der Waals surface area contributed by atoms with Crippen LogP contribution < -0.4 is 10.6 Å². The third kappa shape index (κ3) is 1.69. The third-order valence-corrected chi connectivity index (χ3v) is 2.41. The van der Waals surface area contributed by atoms with Gasteiger partial charge in [0.2, 0.25) is 5.91 Å². The Bertz CT molecular complexity index is 334. The van der Waals surface area contributed by atoms with Gasteiger partial charge >= 0.3 is 0 Å². The van der Waals surface area contributed by atoms with Gasteiger partial charge in [-0.15, -0.1) is 0 Å². The molecule has 0 saturated carbocycles. The van der Waals surface area contributed by atoms with Crippen molar-refractivity contribution in [2.45, 2.75) is 19.3 Å². The maximum Gasteiger partial charge on any atom is 0.227 e. The van der Waals surface area contributed by atoms with Crippen molar-refractivity contribution >= 4 is 17.4 Å². The van der Waals surface area contributed by atoms with E-state index < -0.39 is 0 Å². The molecule has 1 aliphatic heterocycles. The van der Waals surface area contributed by atoms with E-state index in [2.05, 4.69) is 4.98 Å². The lowest BCUT2D eigenvalue weighted by Crippen LogP contribution is -2.35. The van der Waals surface area contributed by atoms with Crippen molar-refractivity contribution in [3.8, 4) is 0 Å². The van der Waals surface area contributed by atoms with E-state index in [0.717, 1.165) is 25.1 Å².